The van der Waals surface area contributed by atoms with Crippen LogP contribution < -0.4 is 11.3 Å². The lowest BCUT2D eigenvalue weighted by Gasteiger charge is -2.26. The number of carbonyl (C=O) groups excluding carboxylic acids is 1. The van der Waals surface area contributed by atoms with Crippen LogP contribution in [0.2, 0.25) is 0 Å². The van der Waals surface area contributed by atoms with Gasteiger partial charge in [-0.3, -0.25) is 9.59 Å². The summed E-state index contributed by atoms with van der Waals surface area (Å²) < 4.78 is 0. The first kappa shape index (κ1) is 13.4. The number of nitrogens with one attached hydrogen (secondary N) is 1. The number of pyridine rings is 1. The van der Waals surface area contributed by atoms with Crippen LogP contribution in [0.4, 0.5) is 0 Å². The summed E-state index contributed by atoms with van der Waals surface area (Å²) in [4.78, 5) is 27.5. The largest absolute Gasteiger partial charge is 0.392 e. The van der Waals surface area contributed by atoms with E-state index in [1.807, 2.05) is 13.8 Å². The summed E-state index contributed by atoms with van der Waals surface area (Å²) in [5, 5.41) is 0. The molecule has 0 radical (unpaired) electrons. The molecule has 0 fully saturated rings. The van der Waals surface area contributed by atoms with E-state index in [0.29, 0.717) is 5.56 Å². The number of H-pyrrole nitrogens is 1. The van der Waals surface area contributed by atoms with Gasteiger partial charge in [0.25, 0.3) is 5.91 Å². The monoisotopic (exact) mass is 253 g/mol. The van der Waals surface area contributed by atoms with Crippen LogP contribution in [0.3, 0.4) is 0 Å². The number of carbonyl (C=O) groups is 1. The van der Waals surface area contributed by atoms with Gasteiger partial charge in [-0.1, -0.05) is 12.2 Å². The highest BCUT2D eigenvalue weighted by Crippen LogP contribution is 2.06. The number of hydrogen-bond donors (Lipinski definition) is 2. The van der Waals surface area contributed by atoms with Crippen LogP contribution >= 0.6 is 12.2 Å². The predicted octanol–water partition coefficient (Wildman–Crippen LogP) is 0.512. The highest BCUT2D eigenvalue weighted by molar-refractivity contribution is 7.80. The standard InChI is InChI=1S/C11H15N3O2S/c1-7(2)14(6-9(12)17)11(16)8-3-4-13-10(15)5-8/h3-5,7H,6H2,1-2H3,(H2,12,17)(H,13,15). The van der Waals surface area contributed by atoms with Crippen molar-refractivity contribution in [3.63, 3.8) is 0 Å². The fraction of sp³-hybridized carbons (Fsp3) is 0.364. The van der Waals surface area contributed by atoms with Crippen molar-refractivity contribution in [2.75, 3.05) is 6.54 Å². The van der Waals surface area contributed by atoms with Crippen molar-refractivity contribution in [2.24, 2.45) is 5.73 Å². The second-order valence-electron chi connectivity index (χ2n) is 3.93. The first-order chi connectivity index (χ1) is 7.91. The van der Waals surface area contributed by atoms with E-state index in [0.717, 1.165) is 0 Å². The van der Waals surface area contributed by atoms with Crippen LogP contribution in [0.1, 0.15) is 24.2 Å². The highest BCUT2D eigenvalue weighted by atomic mass is 32.1. The van der Waals surface area contributed by atoms with Crippen molar-refractivity contribution < 1.29 is 4.79 Å². The molecule has 1 aromatic rings. The minimum atomic E-state index is -0.310. The molecule has 1 aromatic heterocycles. The van der Waals surface area contributed by atoms with E-state index in [4.69, 9.17) is 18.0 Å². The summed E-state index contributed by atoms with van der Waals surface area (Å²) in [6.45, 7) is 3.94. The van der Waals surface area contributed by atoms with Crippen LogP contribution in [-0.4, -0.2) is 33.4 Å². The number of aromatic nitrogens is 1. The van der Waals surface area contributed by atoms with Gasteiger partial charge in [-0.25, -0.2) is 0 Å². The SMILES string of the molecule is CC(C)N(CC(N)=S)C(=O)c1cc[nH]c(=O)c1. The lowest BCUT2D eigenvalue weighted by atomic mass is 10.2. The number of rotatable bonds is 4. The molecular formula is C11H15N3O2S. The van der Waals surface area contributed by atoms with Gasteiger partial charge in [0, 0.05) is 23.9 Å². The number of thiocarbonyl (C=S) groups is 1. The highest BCUT2D eigenvalue weighted by Gasteiger charge is 2.19. The maximum absolute atomic E-state index is 12.1. The predicted molar refractivity (Wildman–Crippen MR) is 70.0 cm³/mol. The molecule has 1 heterocycles. The second kappa shape index (κ2) is 5.58. The molecule has 0 unspecified atom stereocenters. The Hall–Kier alpha value is -1.69. The number of nitrogens with two attached hydrogens (primary N) is 1. The average Bonchev–Trinajstić information content (AvgIpc) is 2.24. The molecule has 0 spiro atoms. The van der Waals surface area contributed by atoms with Crippen LogP contribution in [0.25, 0.3) is 0 Å². The Labute approximate surface area is 105 Å². The van der Waals surface area contributed by atoms with Crippen LogP contribution in [-0.2, 0) is 0 Å². The van der Waals surface area contributed by atoms with E-state index in [1.165, 1.54) is 17.2 Å². The minimum Gasteiger partial charge on any atom is -0.392 e. The van der Waals surface area contributed by atoms with Gasteiger partial charge in [0.15, 0.2) is 0 Å². The summed E-state index contributed by atoms with van der Waals surface area (Å²) in [6.07, 6.45) is 1.44. The molecule has 3 N–H and O–H groups in total. The zero-order valence-corrected chi connectivity index (χ0v) is 10.6. The van der Waals surface area contributed by atoms with Crippen molar-refractivity contribution in [3.05, 3.63) is 34.2 Å². The zero-order chi connectivity index (χ0) is 13.0. The fourth-order valence-corrected chi connectivity index (χ4v) is 1.54. The molecule has 1 rings (SSSR count). The Morgan fingerprint density at radius 2 is 2.24 bits per heavy atom. The van der Waals surface area contributed by atoms with Gasteiger partial charge in [0.1, 0.15) is 0 Å². The molecule has 0 bridgehead atoms. The quantitative estimate of drug-likeness (QED) is 0.766. The third-order valence-electron chi connectivity index (χ3n) is 2.23. The van der Waals surface area contributed by atoms with E-state index in [-0.39, 0.29) is 29.0 Å². The van der Waals surface area contributed by atoms with Gasteiger partial charge in [-0.2, -0.15) is 0 Å². The van der Waals surface area contributed by atoms with Gasteiger partial charge in [-0.05, 0) is 19.9 Å². The van der Waals surface area contributed by atoms with Crippen LogP contribution in [0.5, 0.6) is 0 Å². The smallest absolute Gasteiger partial charge is 0.254 e. The zero-order valence-electron chi connectivity index (χ0n) is 9.77. The second-order valence-corrected chi connectivity index (χ2v) is 4.46. The summed E-state index contributed by atoms with van der Waals surface area (Å²) in [7, 11) is 0. The summed E-state index contributed by atoms with van der Waals surface area (Å²) in [6, 6.07) is 2.78. The summed E-state index contributed by atoms with van der Waals surface area (Å²) in [5.74, 6) is -0.251. The van der Waals surface area contributed by atoms with E-state index in [1.54, 1.807) is 6.07 Å². The lowest BCUT2D eigenvalue weighted by Crippen LogP contribution is -2.42. The molecule has 0 aliphatic heterocycles. The molecule has 0 atom stereocenters. The summed E-state index contributed by atoms with van der Waals surface area (Å²) >= 11 is 4.80. The summed E-state index contributed by atoms with van der Waals surface area (Å²) in [5.41, 5.74) is 5.47. The topological polar surface area (TPSA) is 79.2 Å². The Balaban J connectivity index is 2.99. The van der Waals surface area contributed by atoms with Crippen LogP contribution in [0, 0.1) is 0 Å². The van der Waals surface area contributed by atoms with E-state index in [9.17, 15) is 9.59 Å². The molecule has 0 saturated heterocycles. The number of hydrogen-bond acceptors (Lipinski definition) is 3. The maximum Gasteiger partial charge on any atom is 0.254 e. The van der Waals surface area contributed by atoms with Crippen molar-refractivity contribution in [2.45, 2.75) is 19.9 Å². The number of amides is 1. The van der Waals surface area contributed by atoms with E-state index < -0.39 is 0 Å². The minimum absolute atomic E-state index is 0.0386. The third kappa shape index (κ3) is 3.67. The van der Waals surface area contributed by atoms with Crippen LogP contribution in [0.15, 0.2) is 23.1 Å². The van der Waals surface area contributed by atoms with Gasteiger partial charge in [0.2, 0.25) is 5.56 Å². The molecule has 0 aliphatic carbocycles. The molecular weight excluding hydrogens is 238 g/mol. The van der Waals surface area contributed by atoms with Crippen molar-refractivity contribution in [1.29, 1.82) is 0 Å². The molecule has 17 heavy (non-hydrogen) atoms. The first-order valence-corrected chi connectivity index (χ1v) is 5.60. The fourth-order valence-electron chi connectivity index (χ4n) is 1.40. The normalized spacial score (nSPS) is 10.3. The molecule has 0 aromatic carbocycles. The number of nitrogens with zero attached hydrogens (tertiary/aromatic N) is 1. The average molecular weight is 253 g/mol. The van der Waals surface area contributed by atoms with Gasteiger partial charge < -0.3 is 15.6 Å². The molecule has 0 saturated carbocycles. The Morgan fingerprint density at radius 1 is 1.59 bits per heavy atom. The van der Waals surface area contributed by atoms with E-state index >= 15 is 0 Å². The Morgan fingerprint density at radius 3 is 2.71 bits per heavy atom. The molecule has 6 heteroatoms. The van der Waals surface area contributed by atoms with Gasteiger partial charge >= 0.3 is 0 Å². The Kier molecular flexibility index (Phi) is 4.39. The first-order valence-electron chi connectivity index (χ1n) is 5.20. The third-order valence-corrected chi connectivity index (χ3v) is 2.36. The molecule has 0 aliphatic rings. The van der Waals surface area contributed by atoms with Crippen molar-refractivity contribution >= 4 is 23.1 Å². The van der Waals surface area contributed by atoms with E-state index in [2.05, 4.69) is 4.98 Å². The van der Waals surface area contributed by atoms with Gasteiger partial charge in [-0.15, -0.1) is 0 Å². The Bertz CT molecular complexity index is 482. The van der Waals surface area contributed by atoms with Crippen molar-refractivity contribution in [1.82, 2.24) is 9.88 Å². The maximum atomic E-state index is 12.1. The lowest BCUT2D eigenvalue weighted by molar-refractivity contribution is 0.0736. The van der Waals surface area contributed by atoms with Crippen molar-refractivity contribution in [3.8, 4) is 0 Å². The van der Waals surface area contributed by atoms with Gasteiger partial charge in [0.05, 0.1) is 11.5 Å². The molecule has 1 amide bonds. The molecule has 5 nitrogen and oxygen atoms in total. The molecule has 92 valence electrons. The number of aromatic amines is 1.